The number of hydrogen-bond acceptors (Lipinski definition) is 4. The van der Waals surface area contributed by atoms with Gasteiger partial charge < -0.3 is 15.1 Å². The van der Waals surface area contributed by atoms with Crippen LogP contribution in [0.2, 0.25) is 0 Å². The molecule has 2 amide bonds. The number of primary sulfonamides is 1. The van der Waals surface area contributed by atoms with Gasteiger partial charge in [0, 0.05) is 26.2 Å². The molecule has 0 aromatic heterocycles. The number of nitrogens with zero attached hydrogens (tertiary/aromatic N) is 2. The molecule has 1 heterocycles. The maximum absolute atomic E-state index is 12.8. The Morgan fingerprint density at radius 2 is 1.90 bits per heavy atom. The molecule has 1 aliphatic carbocycles. The molecule has 1 aliphatic heterocycles. The lowest BCUT2D eigenvalue weighted by Gasteiger charge is -2.29. The van der Waals surface area contributed by atoms with Gasteiger partial charge in [-0.2, -0.15) is 0 Å². The van der Waals surface area contributed by atoms with Gasteiger partial charge in [-0.15, -0.1) is 0 Å². The zero-order chi connectivity index (χ0) is 20.9. The molecular formula is C21H34N4O3S. The summed E-state index contributed by atoms with van der Waals surface area (Å²) >= 11 is 0. The third kappa shape index (κ3) is 6.42. The summed E-state index contributed by atoms with van der Waals surface area (Å²) in [6, 6.07) is 6.03. The van der Waals surface area contributed by atoms with Crippen molar-refractivity contribution in [1.29, 1.82) is 0 Å². The first-order valence-electron chi connectivity index (χ1n) is 10.7. The summed E-state index contributed by atoms with van der Waals surface area (Å²) in [6.45, 7) is 6.45. The Hall–Kier alpha value is -1.64. The number of rotatable bonds is 5. The number of amides is 2. The number of urea groups is 1. The zero-order valence-electron chi connectivity index (χ0n) is 17.3. The van der Waals surface area contributed by atoms with Crippen LogP contribution in [-0.4, -0.2) is 57.0 Å². The Kier molecular flexibility index (Phi) is 7.54. The summed E-state index contributed by atoms with van der Waals surface area (Å²) in [5, 5.41) is 8.21. The molecule has 1 atom stereocenters. The molecule has 0 radical (unpaired) electrons. The molecule has 3 rings (SSSR count). The molecular weight excluding hydrogens is 388 g/mol. The van der Waals surface area contributed by atoms with Gasteiger partial charge in [-0.3, -0.25) is 0 Å². The minimum Gasteiger partial charge on any atom is -0.331 e. The van der Waals surface area contributed by atoms with Gasteiger partial charge >= 0.3 is 6.03 Å². The van der Waals surface area contributed by atoms with E-state index in [0.717, 1.165) is 50.6 Å². The van der Waals surface area contributed by atoms with Crippen LogP contribution in [-0.2, 0) is 10.0 Å². The van der Waals surface area contributed by atoms with Gasteiger partial charge in [0.2, 0.25) is 10.0 Å². The van der Waals surface area contributed by atoms with Crippen molar-refractivity contribution < 1.29 is 13.2 Å². The van der Waals surface area contributed by atoms with Gasteiger partial charge in [0.05, 0.1) is 10.9 Å². The zero-order valence-corrected chi connectivity index (χ0v) is 18.2. The summed E-state index contributed by atoms with van der Waals surface area (Å²) in [6.07, 6.45) is 7.76. The van der Waals surface area contributed by atoms with Crippen molar-refractivity contribution in [2.24, 2.45) is 11.1 Å². The molecule has 2 fully saturated rings. The predicted octanol–water partition coefficient (Wildman–Crippen LogP) is 2.69. The minimum absolute atomic E-state index is 0.0595. The van der Waals surface area contributed by atoms with E-state index in [0.29, 0.717) is 0 Å². The lowest BCUT2D eigenvalue weighted by atomic mass is 9.89. The molecule has 0 unspecified atom stereocenters. The van der Waals surface area contributed by atoms with E-state index in [1.165, 1.54) is 44.2 Å². The van der Waals surface area contributed by atoms with E-state index in [2.05, 4.69) is 10.2 Å². The lowest BCUT2D eigenvalue weighted by Crippen LogP contribution is -2.43. The first kappa shape index (κ1) is 22.1. The highest BCUT2D eigenvalue weighted by Gasteiger charge is 2.23. The molecule has 29 heavy (non-hydrogen) atoms. The maximum atomic E-state index is 12.8. The maximum Gasteiger partial charge on any atom is 0.317 e. The van der Waals surface area contributed by atoms with Crippen LogP contribution in [0.1, 0.15) is 57.1 Å². The second kappa shape index (κ2) is 9.91. The fourth-order valence-electron chi connectivity index (χ4n) is 4.41. The fourth-order valence-corrected chi connectivity index (χ4v) is 4.98. The molecule has 8 heteroatoms. The Bertz CT molecular complexity index is 793. The van der Waals surface area contributed by atoms with E-state index >= 15 is 0 Å². The summed E-state index contributed by atoms with van der Waals surface area (Å²) in [7, 11) is -3.76. The van der Waals surface area contributed by atoms with Crippen LogP contribution in [0.5, 0.6) is 0 Å². The van der Waals surface area contributed by atoms with Gasteiger partial charge in [0.25, 0.3) is 0 Å². The molecule has 1 aromatic carbocycles. The molecule has 3 N–H and O–H groups in total. The minimum atomic E-state index is -3.76. The number of hydrogen-bond donors (Lipinski definition) is 2. The van der Waals surface area contributed by atoms with Crippen LogP contribution < -0.4 is 10.5 Å². The highest BCUT2D eigenvalue weighted by atomic mass is 32.2. The van der Waals surface area contributed by atoms with Gasteiger partial charge in [0.1, 0.15) is 0 Å². The molecule has 0 spiro atoms. The van der Waals surface area contributed by atoms with Crippen LogP contribution in [0.25, 0.3) is 0 Å². The second-order valence-electron chi connectivity index (χ2n) is 8.43. The van der Waals surface area contributed by atoms with Gasteiger partial charge in [-0.05, 0) is 56.3 Å². The Balaban J connectivity index is 1.52. The van der Waals surface area contributed by atoms with E-state index in [9.17, 15) is 13.2 Å². The predicted molar refractivity (Wildman–Crippen MR) is 114 cm³/mol. The number of benzene rings is 1. The summed E-state index contributed by atoms with van der Waals surface area (Å²) in [5.41, 5.74) is 0.721. The van der Waals surface area contributed by atoms with E-state index in [1.54, 1.807) is 12.1 Å². The summed E-state index contributed by atoms with van der Waals surface area (Å²) in [5.74, 6) is 0.815. The molecule has 0 bridgehead atoms. The number of sulfonamides is 1. The number of carbonyl (C=O) groups is 1. The number of nitrogens with one attached hydrogen (secondary N) is 1. The molecule has 2 aliphatic rings. The normalized spacial score (nSPS) is 20.8. The van der Waals surface area contributed by atoms with Crippen molar-refractivity contribution in [3.8, 4) is 0 Å². The molecule has 162 valence electrons. The van der Waals surface area contributed by atoms with Crippen LogP contribution in [0.3, 0.4) is 0 Å². The van der Waals surface area contributed by atoms with Crippen molar-refractivity contribution in [3.05, 3.63) is 29.8 Å². The van der Waals surface area contributed by atoms with Crippen molar-refractivity contribution in [3.63, 3.8) is 0 Å². The lowest BCUT2D eigenvalue weighted by molar-refractivity contribution is 0.187. The van der Waals surface area contributed by atoms with E-state index < -0.39 is 10.0 Å². The highest BCUT2D eigenvalue weighted by Crippen LogP contribution is 2.25. The summed E-state index contributed by atoms with van der Waals surface area (Å²) < 4.78 is 23.1. The Morgan fingerprint density at radius 1 is 1.14 bits per heavy atom. The molecule has 1 saturated carbocycles. The number of carbonyl (C=O) groups excluding carboxylic acids is 1. The van der Waals surface area contributed by atoms with Crippen molar-refractivity contribution in [2.75, 3.05) is 32.7 Å². The molecule has 1 saturated heterocycles. The van der Waals surface area contributed by atoms with Crippen molar-refractivity contribution in [1.82, 2.24) is 15.1 Å². The Morgan fingerprint density at radius 3 is 2.62 bits per heavy atom. The third-order valence-corrected chi connectivity index (χ3v) is 7.05. The smallest absolute Gasteiger partial charge is 0.317 e. The largest absolute Gasteiger partial charge is 0.331 e. The van der Waals surface area contributed by atoms with E-state index in [1.807, 2.05) is 11.8 Å². The average Bonchev–Trinajstić information content (AvgIpc) is 2.94. The first-order chi connectivity index (χ1) is 13.8. The summed E-state index contributed by atoms with van der Waals surface area (Å²) in [4.78, 5) is 17.2. The fraction of sp³-hybridized carbons (Fsp3) is 0.667. The second-order valence-corrected chi connectivity index (χ2v) is 10.00. The average molecular weight is 423 g/mol. The molecule has 7 nitrogen and oxygen atoms in total. The van der Waals surface area contributed by atoms with Crippen molar-refractivity contribution >= 4 is 16.1 Å². The standard InChI is InChI=1S/C21H34N4O3S/c1-17(19-9-5-10-20(15-19)29(22,27)28)23-21(26)25-12-6-11-24(13-14-25)16-18-7-3-2-4-8-18/h5,9-10,15,17-18H,2-4,6-8,11-14,16H2,1H3,(H,23,26)(H2,22,27,28)/t17-/m0/s1. The van der Waals surface area contributed by atoms with Crippen LogP contribution in [0.4, 0.5) is 4.79 Å². The quantitative estimate of drug-likeness (QED) is 0.763. The van der Waals surface area contributed by atoms with Gasteiger partial charge in [-0.25, -0.2) is 18.4 Å². The topological polar surface area (TPSA) is 95.7 Å². The van der Waals surface area contributed by atoms with Crippen LogP contribution >= 0.6 is 0 Å². The Labute approximate surface area is 174 Å². The number of nitrogens with two attached hydrogens (primary N) is 1. The highest BCUT2D eigenvalue weighted by molar-refractivity contribution is 7.89. The van der Waals surface area contributed by atoms with Crippen LogP contribution in [0, 0.1) is 5.92 Å². The van der Waals surface area contributed by atoms with Crippen molar-refractivity contribution in [2.45, 2.75) is 56.4 Å². The monoisotopic (exact) mass is 422 g/mol. The molecule has 1 aromatic rings. The van der Waals surface area contributed by atoms with Gasteiger partial charge in [-0.1, -0.05) is 31.4 Å². The van der Waals surface area contributed by atoms with Crippen LogP contribution in [0.15, 0.2) is 29.2 Å². The third-order valence-electron chi connectivity index (χ3n) is 6.14. The van der Waals surface area contributed by atoms with Gasteiger partial charge in [0.15, 0.2) is 0 Å². The van der Waals surface area contributed by atoms with E-state index in [4.69, 9.17) is 5.14 Å². The van der Waals surface area contributed by atoms with E-state index in [-0.39, 0.29) is 17.0 Å². The first-order valence-corrected chi connectivity index (χ1v) is 12.3. The SMILES string of the molecule is C[C@H](NC(=O)N1CCCN(CC2CCCCC2)CC1)c1cccc(S(N)(=O)=O)c1.